The Hall–Kier alpha value is -2.60. The van der Waals surface area contributed by atoms with Crippen LogP contribution in [0.15, 0.2) is 77.8 Å². The number of ketones is 1. The third-order valence-corrected chi connectivity index (χ3v) is 5.81. The summed E-state index contributed by atoms with van der Waals surface area (Å²) in [6.07, 6.45) is 6.03. The SMILES string of the molecule is Cc1ccc(C(=O)c2cccn2C/C=C/c2cccc(SC(C)(C)COO)c2)cc1. The Morgan fingerprint density at radius 3 is 2.63 bits per heavy atom. The number of hydrogen-bond acceptors (Lipinski definition) is 4. The van der Waals surface area contributed by atoms with Crippen LogP contribution in [-0.2, 0) is 11.4 Å². The van der Waals surface area contributed by atoms with Crippen LogP contribution < -0.4 is 0 Å². The van der Waals surface area contributed by atoms with Crippen molar-refractivity contribution in [1.29, 1.82) is 0 Å². The Morgan fingerprint density at radius 1 is 1.13 bits per heavy atom. The first-order chi connectivity index (χ1) is 14.4. The standard InChI is InChI=1S/C25H27NO3S/c1-19-11-13-21(14-12-19)24(27)23-10-6-16-26(23)15-5-8-20-7-4-9-22(17-20)30-25(2,3)18-29-28/h4-14,16-17,28H,15,18H2,1-3H3/b8-5+. The number of hydrogen-bond donors (Lipinski definition) is 1. The molecule has 156 valence electrons. The van der Waals surface area contributed by atoms with Gasteiger partial charge in [-0.25, -0.2) is 4.89 Å². The van der Waals surface area contributed by atoms with Gasteiger partial charge in [-0.3, -0.25) is 10.1 Å². The lowest BCUT2D eigenvalue weighted by atomic mass is 10.1. The highest BCUT2D eigenvalue weighted by atomic mass is 32.2. The molecule has 0 aliphatic rings. The van der Waals surface area contributed by atoms with Gasteiger partial charge < -0.3 is 4.57 Å². The van der Waals surface area contributed by atoms with Crippen LogP contribution in [0, 0.1) is 6.92 Å². The van der Waals surface area contributed by atoms with E-state index in [0.717, 1.165) is 16.0 Å². The number of benzene rings is 2. The summed E-state index contributed by atoms with van der Waals surface area (Å²) in [7, 11) is 0. The molecule has 0 fully saturated rings. The minimum absolute atomic E-state index is 0.0279. The maximum Gasteiger partial charge on any atom is 0.209 e. The third-order valence-electron chi connectivity index (χ3n) is 4.65. The van der Waals surface area contributed by atoms with Gasteiger partial charge >= 0.3 is 0 Å². The summed E-state index contributed by atoms with van der Waals surface area (Å²) in [5.74, 6) is 0.0279. The van der Waals surface area contributed by atoms with E-state index in [1.165, 1.54) is 0 Å². The van der Waals surface area contributed by atoms with Crippen LogP contribution in [0.25, 0.3) is 6.08 Å². The normalized spacial score (nSPS) is 11.9. The third kappa shape index (κ3) is 5.95. The lowest BCUT2D eigenvalue weighted by Crippen LogP contribution is -2.21. The van der Waals surface area contributed by atoms with E-state index in [2.05, 4.69) is 23.1 Å². The first-order valence-corrected chi connectivity index (χ1v) is 10.7. The summed E-state index contributed by atoms with van der Waals surface area (Å²) in [5.41, 5.74) is 3.60. The quantitative estimate of drug-likeness (QED) is 0.196. The number of thioether (sulfide) groups is 1. The molecular weight excluding hydrogens is 394 g/mol. The highest BCUT2D eigenvalue weighted by Crippen LogP contribution is 2.33. The molecule has 5 heteroatoms. The molecule has 1 N–H and O–H groups in total. The van der Waals surface area contributed by atoms with Gasteiger partial charge in [0.05, 0.1) is 12.3 Å². The van der Waals surface area contributed by atoms with Gasteiger partial charge in [0.15, 0.2) is 0 Å². The number of aromatic nitrogens is 1. The Balaban J connectivity index is 1.68. The number of allylic oxidation sites excluding steroid dienone is 1. The smallest absolute Gasteiger partial charge is 0.209 e. The van der Waals surface area contributed by atoms with E-state index in [0.29, 0.717) is 17.8 Å². The molecule has 0 amide bonds. The van der Waals surface area contributed by atoms with Crippen molar-refractivity contribution in [2.75, 3.05) is 6.61 Å². The fourth-order valence-electron chi connectivity index (χ4n) is 3.12. The van der Waals surface area contributed by atoms with Crippen molar-refractivity contribution >= 4 is 23.6 Å². The van der Waals surface area contributed by atoms with Crippen LogP contribution in [0.2, 0.25) is 0 Å². The van der Waals surface area contributed by atoms with Gasteiger partial charge in [0, 0.05) is 27.9 Å². The number of aryl methyl sites for hydroxylation is 1. The summed E-state index contributed by atoms with van der Waals surface area (Å²) < 4.78 is 1.73. The molecule has 0 saturated carbocycles. The van der Waals surface area contributed by atoms with Gasteiger partial charge in [0.2, 0.25) is 5.78 Å². The van der Waals surface area contributed by atoms with Crippen molar-refractivity contribution < 1.29 is 14.9 Å². The van der Waals surface area contributed by atoms with Gasteiger partial charge in [-0.05, 0) is 50.6 Å². The summed E-state index contributed by atoms with van der Waals surface area (Å²) in [4.78, 5) is 18.3. The van der Waals surface area contributed by atoms with E-state index in [1.54, 1.807) is 11.8 Å². The second-order valence-electron chi connectivity index (χ2n) is 7.85. The zero-order chi connectivity index (χ0) is 21.6. The molecule has 1 heterocycles. The first kappa shape index (κ1) is 22.1. The van der Waals surface area contributed by atoms with Crippen LogP contribution in [-0.4, -0.2) is 27.0 Å². The molecule has 3 aromatic rings. The molecule has 0 aliphatic carbocycles. The summed E-state index contributed by atoms with van der Waals surface area (Å²) in [6.45, 7) is 6.92. The Bertz CT molecular complexity index is 1020. The Kier molecular flexibility index (Phi) is 7.32. The van der Waals surface area contributed by atoms with E-state index in [-0.39, 0.29) is 17.1 Å². The van der Waals surface area contributed by atoms with Crippen LogP contribution in [0.4, 0.5) is 0 Å². The van der Waals surface area contributed by atoms with E-state index in [1.807, 2.05) is 86.1 Å². The van der Waals surface area contributed by atoms with Crippen LogP contribution in [0.5, 0.6) is 0 Å². The molecule has 0 aliphatic heterocycles. The van der Waals surface area contributed by atoms with Crippen molar-refractivity contribution in [1.82, 2.24) is 4.57 Å². The second kappa shape index (κ2) is 9.94. The maximum absolute atomic E-state index is 12.8. The lowest BCUT2D eigenvalue weighted by molar-refractivity contribution is -0.245. The minimum Gasteiger partial charge on any atom is -0.341 e. The van der Waals surface area contributed by atoms with Crippen molar-refractivity contribution in [3.8, 4) is 0 Å². The predicted molar refractivity (Wildman–Crippen MR) is 123 cm³/mol. The van der Waals surface area contributed by atoms with E-state index in [4.69, 9.17) is 5.26 Å². The van der Waals surface area contributed by atoms with E-state index >= 15 is 0 Å². The van der Waals surface area contributed by atoms with Crippen LogP contribution in [0.1, 0.15) is 41.0 Å². The zero-order valence-corrected chi connectivity index (χ0v) is 18.4. The number of rotatable bonds is 9. The monoisotopic (exact) mass is 421 g/mol. The molecule has 4 nitrogen and oxygen atoms in total. The zero-order valence-electron chi connectivity index (χ0n) is 17.5. The highest BCUT2D eigenvalue weighted by Gasteiger charge is 2.20. The number of carbonyl (C=O) groups excluding carboxylic acids is 1. The largest absolute Gasteiger partial charge is 0.341 e. The van der Waals surface area contributed by atoms with Gasteiger partial charge in [0.25, 0.3) is 0 Å². The molecule has 0 bridgehead atoms. The molecule has 0 saturated heterocycles. The van der Waals surface area contributed by atoms with Gasteiger partial charge in [0.1, 0.15) is 0 Å². The molecular formula is C25H27NO3S. The van der Waals surface area contributed by atoms with Crippen LogP contribution >= 0.6 is 11.8 Å². The Labute approximate surface area is 182 Å². The molecule has 0 atom stereocenters. The van der Waals surface area contributed by atoms with E-state index < -0.39 is 0 Å². The molecule has 3 rings (SSSR count). The minimum atomic E-state index is -0.229. The first-order valence-electron chi connectivity index (χ1n) is 9.86. The second-order valence-corrected chi connectivity index (χ2v) is 9.63. The summed E-state index contributed by atoms with van der Waals surface area (Å²) in [6, 6.07) is 19.6. The van der Waals surface area contributed by atoms with Crippen LogP contribution in [0.3, 0.4) is 0 Å². The maximum atomic E-state index is 12.8. The van der Waals surface area contributed by atoms with Crippen molar-refractivity contribution in [3.05, 3.63) is 95.3 Å². The predicted octanol–water partition coefficient (Wildman–Crippen LogP) is 6.10. The molecule has 1 aromatic heterocycles. The van der Waals surface area contributed by atoms with Gasteiger partial charge in [-0.15, -0.1) is 11.8 Å². The summed E-state index contributed by atoms with van der Waals surface area (Å²) in [5, 5.41) is 8.74. The topological polar surface area (TPSA) is 51.5 Å². The highest BCUT2D eigenvalue weighted by molar-refractivity contribution is 8.00. The van der Waals surface area contributed by atoms with Gasteiger partial charge in [-0.2, -0.15) is 0 Å². The molecule has 30 heavy (non-hydrogen) atoms. The fraction of sp³-hybridized carbons (Fsp3) is 0.240. The molecule has 2 aromatic carbocycles. The van der Waals surface area contributed by atoms with Crippen molar-refractivity contribution in [2.45, 2.75) is 37.0 Å². The number of carbonyl (C=O) groups is 1. The molecule has 0 unspecified atom stereocenters. The van der Waals surface area contributed by atoms with Gasteiger partial charge in [-0.1, -0.05) is 54.1 Å². The van der Waals surface area contributed by atoms with E-state index in [9.17, 15) is 4.79 Å². The average molecular weight is 422 g/mol. The number of nitrogens with zero attached hydrogens (tertiary/aromatic N) is 1. The molecule has 0 radical (unpaired) electrons. The lowest BCUT2D eigenvalue weighted by Gasteiger charge is -2.21. The summed E-state index contributed by atoms with van der Waals surface area (Å²) >= 11 is 1.65. The molecule has 0 spiro atoms. The fourth-order valence-corrected chi connectivity index (χ4v) is 4.21. The average Bonchev–Trinajstić information content (AvgIpc) is 3.16. The van der Waals surface area contributed by atoms with Crippen molar-refractivity contribution in [3.63, 3.8) is 0 Å². The Morgan fingerprint density at radius 2 is 1.90 bits per heavy atom. The van der Waals surface area contributed by atoms with Crippen molar-refractivity contribution in [2.24, 2.45) is 0 Å².